The Kier molecular flexibility index (Phi) is 5.40. The Morgan fingerprint density at radius 3 is 2.59 bits per heavy atom. The number of rotatable bonds is 6. The van der Waals surface area contributed by atoms with E-state index in [1.54, 1.807) is 55.5 Å². The molecule has 0 aromatic heterocycles. The Bertz CT molecular complexity index is 880. The minimum Gasteiger partial charge on any atom is -0.495 e. The van der Waals surface area contributed by atoms with E-state index in [4.69, 9.17) is 9.47 Å². The molecule has 0 radical (unpaired) electrons. The number of anilines is 2. The number of para-hydroxylation sites is 3. The minimum absolute atomic E-state index is 0.0198. The van der Waals surface area contributed by atoms with Gasteiger partial charge in [-0.25, -0.2) is 9.69 Å². The van der Waals surface area contributed by atoms with Crippen LogP contribution in [-0.4, -0.2) is 37.5 Å². The maximum absolute atomic E-state index is 12.9. The summed E-state index contributed by atoms with van der Waals surface area (Å²) in [4.78, 5) is 38.6. The maximum atomic E-state index is 12.9. The van der Waals surface area contributed by atoms with E-state index in [2.05, 4.69) is 5.32 Å². The Hall–Kier alpha value is -3.35. The van der Waals surface area contributed by atoms with E-state index in [1.165, 1.54) is 7.11 Å². The molecule has 1 heterocycles. The number of nitrogens with zero attached hydrogens (tertiary/aromatic N) is 1. The zero-order chi connectivity index (χ0) is 19.4. The number of nitrogens with one attached hydrogen (secondary N) is 1. The summed E-state index contributed by atoms with van der Waals surface area (Å²) in [6.45, 7) is 1.97. The Morgan fingerprint density at radius 2 is 1.85 bits per heavy atom. The first kappa shape index (κ1) is 18.4. The lowest BCUT2D eigenvalue weighted by atomic mass is 10.1. The number of carbonyl (C=O) groups is 3. The van der Waals surface area contributed by atoms with E-state index < -0.39 is 17.9 Å². The normalized spacial score (nSPS) is 16.4. The highest BCUT2D eigenvalue weighted by atomic mass is 16.5. The van der Waals surface area contributed by atoms with Crippen molar-refractivity contribution in [2.75, 3.05) is 23.9 Å². The van der Waals surface area contributed by atoms with Crippen molar-refractivity contribution in [3.05, 3.63) is 54.1 Å². The highest BCUT2D eigenvalue weighted by Crippen LogP contribution is 2.32. The van der Waals surface area contributed by atoms with Crippen LogP contribution >= 0.6 is 0 Å². The molecular formula is C20H20N2O5. The van der Waals surface area contributed by atoms with Gasteiger partial charge in [0.05, 0.1) is 31.4 Å². The standard InChI is InChI=1S/C20H20N2O5/c1-3-27-20(25)13-8-4-5-9-14(13)21-15-12-18(23)22(19(15)24)16-10-6-7-11-17(16)26-2/h4-11,15,21H,3,12H2,1-2H3/t15-/m1/s1. The molecule has 1 saturated heterocycles. The molecule has 140 valence electrons. The first-order valence-corrected chi connectivity index (χ1v) is 8.59. The molecule has 2 aromatic carbocycles. The molecule has 1 N–H and O–H groups in total. The summed E-state index contributed by atoms with van der Waals surface area (Å²) in [6.07, 6.45) is -0.0198. The highest BCUT2D eigenvalue weighted by molar-refractivity contribution is 6.24. The van der Waals surface area contributed by atoms with Gasteiger partial charge in [0.1, 0.15) is 11.8 Å². The molecule has 1 fully saturated rings. The Balaban J connectivity index is 1.86. The van der Waals surface area contributed by atoms with Gasteiger partial charge in [0, 0.05) is 5.69 Å². The van der Waals surface area contributed by atoms with Crippen LogP contribution in [0.5, 0.6) is 5.75 Å². The third-order valence-corrected chi connectivity index (χ3v) is 4.22. The smallest absolute Gasteiger partial charge is 0.340 e. The zero-order valence-corrected chi connectivity index (χ0v) is 15.1. The van der Waals surface area contributed by atoms with Crippen LogP contribution in [-0.2, 0) is 14.3 Å². The summed E-state index contributed by atoms with van der Waals surface area (Å²) in [5, 5.41) is 3.01. The molecule has 3 rings (SSSR count). The van der Waals surface area contributed by atoms with Crippen LogP contribution in [0.15, 0.2) is 48.5 Å². The molecular weight excluding hydrogens is 348 g/mol. The summed E-state index contributed by atoms with van der Waals surface area (Å²) in [5.74, 6) is -0.787. The van der Waals surface area contributed by atoms with Crippen molar-refractivity contribution in [3.8, 4) is 5.75 Å². The molecule has 0 unspecified atom stereocenters. The fourth-order valence-electron chi connectivity index (χ4n) is 3.00. The molecule has 0 bridgehead atoms. The highest BCUT2D eigenvalue weighted by Gasteiger charge is 2.41. The fourth-order valence-corrected chi connectivity index (χ4v) is 3.00. The van der Waals surface area contributed by atoms with E-state index in [9.17, 15) is 14.4 Å². The molecule has 2 amide bonds. The number of benzene rings is 2. The van der Waals surface area contributed by atoms with Gasteiger partial charge in [-0.15, -0.1) is 0 Å². The molecule has 1 aliphatic rings. The first-order chi connectivity index (χ1) is 13.1. The predicted molar refractivity (Wildman–Crippen MR) is 99.9 cm³/mol. The van der Waals surface area contributed by atoms with Gasteiger partial charge >= 0.3 is 5.97 Å². The van der Waals surface area contributed by atoms with Gasteiger partial charge in [-0.1, -0.05) is 24.3 Å². The van der Waals surface area contributed by atoms with Crippen LogP contribution in [0.25, 0.3) is 0 Å². The van der Waals surface area contributed by atoms with Crippen LogP contribution in [0.3, 0.4) is 0 Å². The third-order valence-electron chi connectivity index (χ3n) is 4.22. The number of carbonyl (C=O) groups excluding carboxylic acids is 3. The van der Waals surface area contributed by atoms with Crippen LogP contribution in [0.4, 0.5) is 11.4 Å². The van der Waals surface area contributed by atoms with Crippen molar-refractivity contribution < 1.29 is 23.9 Å². The van der Waals surface area contributed by atoms with Crippen molar-refractivity contribution in [1.82, 2.24) is 0 Å². The van der Waals surface area contributed by atoms with Crippen molar-refractivity contribution in [1.29, 1.82) is 0 Å². The maximum Gasteiger partial charge on any atom is 0.340 e. The van der Waals surface area contributed by atoms with Crippen LogP contribution in [0.2, 0.25) is 0 Å². The first-order valence-electron chi connectivity index (χ1n) is 8.59. The topological polar surface area (TPSA) is 84.9 Å². The quantitative estimate of drug-likeness (QED) is 0.623. The molecule has 2 aromatic rings. The summed E-state index contributed by atoms with van der Waals surface area (Å²) < 4.78 is 10.3. The summed E-state index contributed by atoms with van der Waals surface area (Å²) in [5.41, 5.74) is 1.16. The van der Waals surface area contributed by atoms with Crippen LogP contribution in [0.1, 0.15) is 23.7 Å². The van der Waals surface area contributed by atoms with E-state index in [0.717, 1.165) is 4.90 Å². The lowest BCUT2D eigenvalue weighted by molar-refractivity contribution is -0.121. The second-order valence-electron chi connectivity index (χ2n) is 5.91. The van der Waals surface area contributed by atoms with Crippen molar-refractivity contribution in [2.45, 2.75) is 19.4 Å². The SMILES string of the molecule is CCOC(=O)c1ccccc1N[C@@H]1CC(=O)N(c2ccccc2OC)C1=O. The van der Waals surface area contributed by atoms with Gasteiger partial charge in [0.15, 0.2) is 0 Å². The summed E-state index contributed by atoms with van der Waals surface area (Å²) in [7, 11) is 1.48. The molecule has 1 atom stereocenters. The van der Waals surface area contributed by atoms with E-state index >= 15 is 0 Å². The van der Waals surface area contributed by atoms with Gasteiger partial charge in [0.25, 0.3) is 5.91 Å². The number of imide groups is 1. The number of hydrogen-bond donors (Lipinski definition) is 1. The molecule has 0 aliphatic carbocycles. The lowest BCUT2D eigenvalue weighted by Gasteiger charge is -2.19. The van der Waals surface area contributed by atoms with Gasteiger partial charge < -0.3 is 14.8 Å². The van der Waals surface area contributed by atoms with E-state index in [1.807, 2.05) is 0 Å². The zero-order valence-electron chi connectivity index (χ0n) is 15.1. The van der Waals surface area contributed by atoms with Gasteiger partial charge in [0.2, 0.25) is 5.91 Å². The average Bonchev–Trinajstić information content (AvgIpc) is 2.95. The molecule has 7 heteroatoms. The van der Waals surface area contributed by atoms with Crippen molar-refractivity contribution in [2.24, 2.45) is 0 Å². The van der Waals surface area contributed by atoms with Crippen LogP contribution in [0, 0.1) is 0 Å². The second-order valence-corrected chi connectivity index (χ2v) is 5.91. The molecule has 27 heavy (non-hydrogen) atoms. The largest absolute Gasteiger partial charge is 0.495 e. The van der Waals surface area contributed by atoms with E-state index in [0.29, 0.717) is 22.7 Å². The second kappa shape index (κ2) is 7.90. The molecule has 7 nitrogen and oxygen atoms in total. The number of methoxy groups -OCH3 is 1. The Labute approximate surface area is 156 Å². The van der Waals surface area contributed by atoms with Gasteiger partial charge in [-0.2, -0.15) is 0 Å². The molecule has 0 spiro atoms. The Morgan fingerprint density at radius 1 is 1.15 bits per heavy atom. The number of amides is 2. The number of hydrogen-bond acceptors (Lipinski definition) is 6. The predicted octanol–water partition coefficient (Wildman–Crippen LogP) is 2.62. The third kappa shape index (κ3) is 3.62. The van der Waals surface area contributed by atoms with Crippen molar-refractivity contribution >= 4 is 29.2 Å². The fraction of sp³-hybridized carbons (Fsp3) is 0.250. The summed E-state index contributed by atoms with van der Waals surface area (Å²) >= 11 is 0. The summed E-state index contributed by atoms with van der Waals surface area (Å²) in [6, 6.07) is 12.8. The molecule has 0 saturated carbocycles. The molecule has 1 aliphatic heterocycles. The lowest BCUT2D eigenvalue weighted by Crippen LogP contribution is -2.35. The monoisotopic (exact) mass is 368 g/mol. The van der Waals surface area contributed by atoms with Gasteiger partial charge in [-0.05, 0) is 31.2 Å². The van der Waals surface area contributed by atoms with Crippen LogP contribution < -0.4 is 15.0 Å². The van der Waals surface area contributed by atoms with E-state index in [-0.39, 0.29) is 18.9 Å². The number of esters is 1. The van der Waals surface area contributed by atoms with Crippen molar-refractivity contribution in [3.63, 3.8) is 0 Å². The van der Waals surface area contributed by atoms with Gasteiger partial charge in [-0.3, -0.25) is 9.59 Å². The number of ether oxygens (including phenoxy) is 2. The average molecular weight is 368 g/mol. The minimum atomic E-state index is -0.780.